The van der Waals surface area contributed by atoms with Gasteiger partial charge < -0.3 is 27.5 Å². The quantitative estimate of drug-likeness (QED) is 0.617. The van der Waals surface area contributed by atoms with Crippen molar-refractivity contribution < 1.29 is 17.3 Å². The first-order valence-corrected chi connectivity index (χ1v) is 10.7. The largest absolute Gasteiger partial charge is 1.00 e. The van der Waals surface area contributed by atoms with E-state index < -0.39 is 0 Å². The molecule has 2 aliphatic heterocycles. The zero-order valence-electron chi connectivity index (χ0n) is 15.8. The number of pyridine rings is 1. The first kappa shape index (κ1) is 19.5. The summed E-state index contributed by atoms with van der Waals surface area (Å²) in [7, 11) is 0. The number of fused-ring (bicyclic) bond motifs is 3. The molecule has 5 rings (SSSR count). The average Bonchev–Trinajstić information content (AvgIpc) is 2.72. The number of nitrogens with one attached hydrogen (secondary N) is 2. The van der Waals surface area contributed by atoms with Crippen LogP contribution in [0.4, 0.5) is 11.5 Å². The highest BCUT2D eigenvalue weighted by Crippen LogP contribution is 2.47. The Hall–Kier alpha value is -1.79. The Bertz CT molecular complexity index is 958. The van der Waals surface area contributed by atoms with Gasteiger partial charge in [0.25, 0.3) is 0 Å². The van der Waals surface area contributed by atoms with Crippen molar-refractivity contribution in [1.82, 2.24) is 10.3 Å². The van der Waals surface area contributed by atoms with Gasteiger partial charge >= 0.3 is 0 Å². The molecule has 0 aliphatic carbocycles. The van der Waals surface area contributed by atoms with Crippen LogP contribution in [-0.2, 0) is 0 Å². The van der Waals surface area contributed by atoms with Crippen LogP contribution in [0.5, 0.6) is 0 Å². The lowest BCUT2D eigenvalue weighted by molar-refractivity contribution is -0.901. The number of halogens is 1. The summed E-state index contributed by atoms with van der Waals surface area (Å²) in [5.41, 5.74) is 2.38. The number of nitrogens with zero attached hydrogens (tertiary/aromatic N) is 2. The number of anilines is 2. The molecule has 3 heterocycles. The maximum absolute atomic E-state index is 5.05. The fourth-order valence-electron chi connectivity index (χ4n) is 4.10. The Morgan fingerprint density at radius 1 is 1.00 bits per heavy atom. The molecule has 0 amide bonds. The summed E-state index contributed by atoms with van der Waals surface area (Å²) in [5, 5.41) is 4.67. The van der Waals surface area contributed by atoms with Crippen LogP contribution in [-0.4, -0.2) is 44.3 Å². The van der Waals surface area contributed by atoms with Gasteiger partial charge in [-0.2, -0.15) is 0 Å². The lowest BCUT2D eigenvalue weighted by Gasteiger charge is -2.32. The second-order valence-corrected chi connectivity index (χ2v) is 8.41. The molecule has 146 valence electrons. The second kappa shape index (κ2) is 8.70. The van der Waals surface area contributed by atoms with Crippen LogP contribution in [0.3, 0.4) is 0 Å². The highest BCUT2D eigenvalue weighted by atomic mass is 35.5. The number of hydrogen-bond acceptors (Lipinski definition) is 4. The molecular formula is C22H25ClN4S. The van der Waals surface area contributed by atoms with Gasteiger partial charge in [-0.15, -0.1) is 0 Å². The van der Waals surface area contributed by atoms with Gasteiger partial charge in [0.2, 0.25) is 0 Å². The SMILES string of the molecule is [Cl-].c1ccc2c(c1)Sc1cc3ccccc3nc1N2CCC[NH+]1CCNCC1. The molecule has 0 saturated carbocycles. The van der Waals surface area contributed by atoms with E-state index in [2.05, 4.69) is 64.8 Å². The summed E-state index contributed by atoms with van der Waals surface area (Å²) in [4.78, 5) is 11.8. The van der Waals surface area contributed by atoms with Gasteiger partial charge in [0.1, 0.15) is 5.82 Å². The minimum Gasteiger partial charge on any atom is -1.00 e. The average molecular weight is 413 g/mol. The van der Waals surface area contributed by atoms with Crippen molar-refractivity contribution in [1.29, 1.82) is 0 Å². The number of benzene rings is 2. The van der Waals surface area contributed by atoms with Gasteiger partial charge in [-0.3, -0.25) is 0 Å². The summed E-state index contributed by atoms with van der Waals surface area (Å²) in [5.74, 6) is 1.12. The molecule has 0 radical (unpaired) electrons. The maximum Gasteiger partial charge on any atom is 0.147 e. The van der Waals surface area contributed by atoms with Gasteiger partial charge in [-0.05, 0) is 24.3 Å². The third-order valence-corrected chi connectivity index (χ3v) is 6.61. The van der Waals surface area contributed by atoms with Gasteiger partial charge in [-0.25, -0.2) is 4.98 Å². The molecule has 0 spiro atoms. The van der Waals surface area contributed by atoms with Gasteiger partial charge in [0, 0.05) is 36.3 Å². The molecule has 0 atom stereocenters. The van der Waals surface area contributed by atoms with Crippen molar-refractivity contribution in [2.45, 2.75) is 16.2 Å². The first-order valence-electron chi connectivity index (χ1n) is 9.87. The van der Waals surface area contributed by atoms with Gasteiger partial charge in [0.05, 0.1) is 35.7 Å². The van der Waals surface area contributed by atoms with E-state index in [1.807, 2.05) is 11.8 Å². The maximum atomic E-state index is 5.05. The van der Waals surface area contributed by atoms with E-state index in [9.17, 15) is 0 Å². The fourth-order valence-corrected chi connectivity index (χ4v) is 5.20. The lowest BCUT2D eigenvalue weighted by atomic mass is 10.2. The molecule has 4 nitrogen and oxygen atoms in total. The summed E-state index contributed by atoms with van der Waals surface area (Å²) in [6.45, 7) is 7.03. The van der Waals surface area contributed by atoms with Crippen LogP contribution in [0.2, 0.25) is 0 Å². The Labute approximate surface area is 176 Å². The molecule has 3 aromatic rings. The number of rotatable bonds is 4. The minimum atomic E-state index is 0. The molecule has 1 saturated heterocycles. The molecule has 0 unspecified atom stereocenters. The topological polar surface area (TPSA) is 32.6 Å². The molecule has 0 bridgehead atoms. The standard InChI is InChI=1S/C22H24N4S.ClH/c1-2-7-18-17(6-1)16-21-22(24-18)26(19-8-3-4-9-20(19)27-21)13-5-12-25-14-10-23-11-15-25;/h1-4,6-9,16,23H,5,10-15H2;1H. The van der Waals surface area contributed by atoms with E-state index in [0.29, 0.717) is 0 Å². The number of aromatic nitrogens is 1. The van der Waals surface area contributed by atoms with E-state index in [4.69, 9.17) is 4.98 Å². The number of hydrogen-bond donors (Lipinski definition) is 2. The second-order valence-electron chi connectivity index (χ2n) is 7.33. The van der Waals surface area contributed by atoms with Gasteiger partial charge in [-0.1, -0.05) is 42.1 Å². The Kier molecular flexibility index (Phi) is 6.07. The van der Waals surface area contributed by atoms with E-state index in [-0.39, 0.29) is 12.4 Å². The van der Waals surface area contributed by atoms with Crippen LogP contribution in [0.15, 0.2) is 64.4 Å². The predicted molar refractivity (Wildman–Crippen MR) is 112 cm³/mol. The third kappa shape index (κ3) is 3.85. The van der Waals surface area contributed by atoms with E-state index in [1.165, 1.54) is 46.9 Å². The zero-order chi connectivity index (χ0) is 18.1. The van der Waals surface area contributed by atoms with Crippen LogP contribution in [0.25, 0.3) is 10.9 Å². The summed E-state index contributed by atoms with van der Waals surface area (Å²) in [6, 6.07) is 19.5. The Morgan fingerprint density at radius 2 is 1.79 bits per heavy atom. The van der Waals surface area contributed by atoms with Crippen molar-refractivity contribution in [3.05, 3.63) is 54.6 Å². The highest BCUT2D eigenvalue weighted by molar-refractivity contribution is 7.99. The third-order valence-electron chi connectivity index (χ3n) is 5.52. The number of quaternary nitrogens is 1. The van der Waals surface area contributed by atoms with Crippen molar-refractivity contribution >= 4 is 34.2 Å². The Balaban J connectivity index is 0.00000192. The van der Waals surface area contributed by atoms with Crippen molar-refractivity contribution in [2.75, 3.05) is 44.2 Å². The van der Waals surface area contributed by atoms with E-state index in [1.54, 1.807) is 4.90 Å². The minimum absolute atomic E-state index is 0. The normalized spacial score (nSPS) is 16.4. The molecule has 28 heavy (non-hydrogen) atoms. The smallest absolute Gasteiger partial charge is 0.147 e. The van der Waals surface area contributed by atoms with Crippen molar-refractivity contribution in [3.63, 3.8) is 0 Å². The summed E-state index contributed by atoms with van der Waals surface area (Å²) in [6.07, 6.45) is 1.18. The summed E-state index contributed by atoms with van der Waals surface area (Å²) >= 11 is 1.84. The monoisotopic (exact) mass is 412 g/mol. The molecule has 1 fully saturated rings. The van der Waals surface area contributed by atoms with Crippen LogP contribution in [0, 0.1) is 0 Å². The molecule has 2 aliphatic rings. The molecule has 2 aromatic carbocycles. The lowest BCUT2D eigenvalue weighted by Crippen LogP contribution is -3.14. The fraction of sp³-hybridized carbons (Fsp3) is 0.318. The highest BCUT2D eigenvalue weighted by Gasteiger charge is 2.25. The first-order chi connectivity index (χ1) is 13.4. The molecule has 6 heteroatoms. The molecule has 2 N–H and O–H groups in total. The van der Waals surface area contributed by atoms with Crippen molar-refractivity contribution in [2.24, 2.45) is 0 Å². The number of para-hydroxylation sites is 2. The molecular weight excluding hydrogens is 388 g/mol. The summed E-state index contributed by atoms with van der Waals surface area (Å²) < 4.78 is 0. The molecule has 1 aromatic heterocycles. The Morgan fingerprint density at radius 3 is 2.68 bits per heavy atom. The van der Waals surface area contributed by atoms with E-state index >= 15 is 0 Å². The van der Waals surface area contributed by atoms with Crippen LogP contribution in [0.1, 0.15) is 6.42 Å². The zero-order valence-corrected chi connectivity index (χ0v) is 17.4. The van der Waals surface area contributed by atoms with Crippen LogP contribution < -0.4 is 27.5 Å². The predicted octanol–water partition coefficient (Wildman–Crippen LogP) is -0.280. The van der Waals surface area contributed by atoms with Crippen molar-refractivity contribution in [3.8, 4) is 0 Å². The van der Waals surface area contributed by atoms with Crippen LogP contribution >= 0.6 is 11.8 Å². The van der Waals surface area contributed by atoms with E-state index in [0.717, 1.165) is 31.0 Å². The number of piperazine rings is 1. The van der Waals surface area contributed by atoms with Gasteiger partial charge in [0.15, 0.2) is 0 Å².